The monoisotopic (exact) mass is 312 g/mol. The summed E-state index contributed by atoms with van der Waals surface area (Å²) in [5.41, 5.74) is 0.971. The minimum Gasteiger partial charge on any atom is -0.497 e. The normalized spacial score (nSPS) is 10.6. The summed E-state index contributed by atoms with van der Waals surface area (Å²) in [7, 11) is 4.67. The SMILES string of the molecule is COc1ccc2c(=O)cc(-c3cccc(OC)c3OC)oc2c1. The van der Waals surface area contributed by atoms with E-state index in [1.165, 1.54) is 6.07 Å². The van der Waals surface area contributed by atoms with Crippen LogP contribution in [-0.2, 0) is 0 Å². The van der Waals surface area contributed by atoms with Crippen LogP contribution in [-0.4, -0.2) is 21.3 Å². The van der Waals surface area contributed by atoms with Crippen LogP contribution >= 0.6 is 0 Å². The number of hydrogen-bond donors (Lipinski definition) is 0. The molecule has 3 rings (SSSR count). The van der Waals surface area contributed by atoms with Gasteiger partial charge in [0.15, 0.2) is 16.9 Å². The summed E-state index contributed by atoms with van der Waals surface area (Å²) in [5, 5.41) is 0.497. The predicted octanol–water partition coefficient (Wildman–Crippen LogP) is 3.49. The maximum atomic E-state index is 12.4. The average molecular weight is 312 g/mol. The first-order chi connectivity index (χ1) is 11.2. The molecular weight excluding hydrogens is 296 g/mol. The third-order valence-corrected chi connectivity index (χ3v) is 3.60. The van der Waals surface area contributed by atoms with Gasteiger partial charge in [0.2, 0.25) is 0 Å². The van der Waals surface area contributed by atoms with Crippen LogP contribution in [0, 0.1) is 0 Å². The van der Waals surface area contributed by atoms with Gasteiger partial charge in [-0.2, -0.15) is 0 Å². The first kappa shape index (κ1) is 15.0. The van der Waals surface area contributed by atoms with Crippen LogP contribution < -0.4 is 19.6 Å². The zero-order valence-electron chi connectivity index (χ0n) is 13.1. The molecule has 3 aromatic rings. The van der Waals surface area contributed by atoms with Crippen molar-refractivity contribution in [2.45, 2.75) is 0 Å². The van der Waals surface area contributed by atoms with Crippen LogP contribution in [0.3, 0.4) is 0 Å². The number of hydrogen-bond acceptors (Lipinski definition) is 5. The molecule has 5 nitrogen and oxygen atoms in total. The molecule has 1 aromatic heterocycles. The molecule has 0 fully saturated rings. The van der Waals surface area contributed by atoms with Crippen LogP contribution in [0.5, 0.6) is 17.2 Å². The number of benzene rings is 2. The molecule has 118 valence electrons. The largest absolute Gasteiger partial charge is 0.497 e. The Morgan fingerprint density at radius 1 is 0.913 bits per heavy atom. The lowest BCUT2D eigenvalue weighted by Gasteiger charge is -2.12. The molecule has 0 atom stereocenters. The lowest BCUT2D eigenvalue weighted by Crippen LogP contribution is -2.01. The van der Waals surface area contributed by atoms with E-state index in [1.54, 1.807) is 45.6 Å². The summed E-state index contributed by atoms with van der Waals surface area (Å²) in [6.45, 7) is 0. The zero-order valence-corrected chi connectivity index (χ0v) is 13.1. The Morgan fingerprint density at radius 3 is 2.43 bits per heavy atom. The van der Waals surface area contributed by atoms with Crippen LogP contribution in [0.15, 0.2) is 51.7 Å². The Kier molecular flexibility index (Phi) is 3.93. The second-order valence-electron chi connectivity index (χ2n) is 4.88. The third-order valence-electron chi connectivity index (χ3n) is 3.60. The molecule has 2 aromatic carbocycles. The van der Waals surface area contributed by atoms with Gasteiger partial charge in [0.1, 0.15) is 17.1 Å². The van der Waals surface area contributed by atoms with Gasteiger partial charge in [-0.25, -0.2) is 0 Å². The van der Waals surface area contributed by atoms with Crippen molar-refractivity contribution in [2.75, 3.05) is 21.3 Å². The van der Waals surface area contributed by atoms with Gasteiger partial charge in [0.25, 0.3) is 0 Å². The molecule has 23 heavy (non-hydrogen) atoms. The molecule has 1 heterocycles. The smallest absolute Gasteiger partial charge is 0.193 e. The summed E-state index contributed by atoms with van der Waals surface area (Å²) < 4.78 is 21.8. The molecule has 0 saturated heterocycles. The fourth-order valence-corrected chi connectivity index (χ4v) is 2.48. The van der Waals surface area contributed by atoms with E-state index in [-0.39, 0.29) is 5.43 Å². The molecule has 0 aliphatic heterocycles. The van der Waals surface area contributed by atoms with E-state index in [0.29, 0.717) is 39.5 Å². The first-order valence-electron chi connectivity index (χ1n) is 7.01. The number of ether oxygens (including phenoxy) is 3. The van der Waals surface area contributed by atoms with Crippen LogP contribution in [0.1, 0.15) is 0 Å². The number of rotatable bonds is 4. The fraction of sp³-hybridized carbons (Fsp3) is 0.167. The molecule has 0 N–H and O–H groups in total. The first-order valence-corrected chi connectivity index (χ1v) is 7.01. The Balaban J connectivity index is 2.27. The van der Waals surface area contributed by atoms with E-state index in [1.807, 2.05) is 12.1 Å². The second-order valence-corrected chi connectivity index (χ2v) is 4.88. The van der Waals surface area contributed by atoms with Crippen molar-refractivity contribution in [2.24, 2.45) is 0 Å². The molecule has 5 heteroatoms. The van der Waals surface area contributed by atoms with Gasteiger partial charge in [-0.15, -0.1) is 0 Å². The molecule has 0 amide bonds. The van der Waals surface area contributed by atoms with Crippen molar-refractivity contribution in [1.29, 1.82) is 0 Å². The van der Waals surface area contributed by atoms with Crippen LogP contribution in [0.25, 0.3) is 22.3 Å². The minimum atomic E-state index is -0.131. The molecule has 0 radical (unpaired) electrons. The maximum Gasteiger partial charge on any atom is 0.193 e. The fourth-order valence-electron chi connectivity index (χ4n) is 2.48. The van der Waals surface area contributed by atoms with Crippen LogP contribution in [0.2, 0.25) is 0 Å². The molecule has 0 aliphatic rings. The summed E-state index contributed by atoms with van der Waals surface area (Å²) in [4.78, 5) is 12.4. The number of para-hydroxylation sites is 1. The van der Waals surface area contributed by atoms with Crippen molar-refractivity contribution in [3.8, 4) is 28.6 Å². The topological polar surface area (TPSA) is 57.9 Å². The summed E-state index contributed by atoms with van der Waals surface area (Å²) >= 11 is 0. The van der Waals surface area contributed by atoms with E-state index in [0.717, 1.165) is 0 Å². The lowest BCUT2D eigenvalue weighted by molar-refractivity contribution is 0.355. The minimum absolute atomic E-state index is 0.131. The van der Waals surface area contributed by atoms with Gasteiger partial charge >= 0.3 is 0 Å². The van der Waals surface area contributed by atoms with Gasteiger partial charge in [0, 0.05) is 12.1 Å². The van der Waals surface area contributed by atoms with E-state index in [2.05, 4.69) is 0 Å². The summed E-state index contributed by atoms with van der Waals surface area (Å²) in [5.74, 6) is 2.11. The Labute approximate surface area is 133 Å². The Bertz CT molecular complexity index is 911. The molecule has 0 aliphatic carbocycles. The Hall–Kier alpha value is -2.95. The maximum absolute atomic E-state index is 12.4. The highest BCUT2D eigenvalue weighted by Crippen LogP contribution is 2.38. The van der Waals surface area contributed by atoms with E-state index < -0.39 is 0 Å². The van der Waals surface area contributed by atoms with Crippen molar-refractivity contribution >= 4 is 11.0 Å². The van der Waals surface area contributed by atoms with E-state index in [4.69, 9.17) is 18.6 Å². The zero-order chi connectivity index (χ0) is 16.4. The van der Waals surface area contributed by atoms with E-state index in [9.17, 15) is 4.79 Å². The molecule has 0 unspecified atom stereocenters. The Morgan fingerprint density at radius 2 is 1.74 bits per heavy atom. The number of methoxy groups -OCH3 is 3. The standard InChI is InChI=1S/C18H16O5/c1-20-11-7-8-12-14(19)10-17(23-16(12)9-11)13-5-4-6-15(21-2)18(13)22-3/h4-10H,1-3H3. The number of fused-ring (bicyclic) bond motifs is 1. The highest BCUT2D eigenvalue weighted by atomic mass is 16.5. The predicted molar refractivity (Wildman–Crippen MR) is 87.6 cm³/mol. The molecule has 0 bridgehead atoms. The third kappa shape index (κ3) is 2.61. The molecular formula is C18H16O5. The van der Waals surface area contributed by atoms with Crippen LogP contribution in [0.4, 0.5) is 0 Å². The summed E-state index contributed by atoms with van der Waals surface area (Å²) in [6.07, 6.45) is 0. The van der Waals surface area contributed by atoms with Gasteiger partial charge in [-0.05, 0) is 24.3 Å². The summed E-state index contributed by atoms with van der Waals surface area (Å²) in [6, 6.07) is 12.0. The van der Waals surface area contributed by atoms with Crippen molar-refractivity contribution < 1.29 is 18.6 Å². The second kappa shape index (κ2) is 6.04. The highest BCUT2D eigenvalue weighted by Gasteiger charge is 2.15. The highest BCUT2D eigenvalue weighted by molar-refractivity contribution is 5.81. The van der Waals surface area contributed by atoms with E-state index >= 15 is 0 Å². The van der Waals surface area contributed by atoms with Crippen molar-refractivity contribution in [1.82, 2.24) is 0 Å². The molecule has 0 spiro atoms. The lowest BCUT2D eigenvalue weighted by atomic mass is 10.1. The van der Waals surface area contributed by atoms with Crippen molar-refractivity contribution in [3.05, 3.63) is 52.7 Å². The molecule has 0 saturated carbocycles. The van der Waals surface area contributed by atoms with Crippen molar-refractivity contribution in [3.63, 3.8) is 0 Å². The van der Waals surface area contributed by atoms with Gasteiger partial charge in [-0.1, -0.05) is 6.07 Å². The van der Waals surface area contributed by atoms with Gasteiger partial charge in [0.05, 0.1) is 32.3 Å². The average Bonchev–Trinajstić information content (AvgIpc) is 2.60. The van der Waals surface area contributed by atoms with Gasteiger partial charge in [-0.3, -0.25) is 4.79 Å². The van der Waals surface area contributed by atoms with Gasteiger partial charge < -0.3 is 18.6 Å². The quantitative estimate of drug-likeness (QED) is 0.738.